The van der Waals surface area contributed by atoms with Crippen LogP contribution >= 0.6 is 0 Å². The van der Waals surface area contributed by atoms with Gasteiger partial charge in [-0.15, -0.1) is 6.58 Å². The molecule has 4 rings (SSSR count). The van der Waals surface area contributed by atoms with Gasteiger partial charge in [-0.25, -0.2) is 0 Å². The molecule has 52 heavy (non-hydrogen) atoms. The van der Waals surface area contributed by atoms with E-state index in [1.54, 1.807) is 29.2 Å². The van der Waals surface area contributed by atoms with Crippen molar-refractivity contribution in [2.75, 3.05) is 5.32 Å². The summed E-state index contributed by atoms with van der Waals surface area (Å²) in [5, 5.41) is 4.55. The molecular formula is C47H75N3O2. The molecule has 0 bridgehead atoms. The Kier molecular flexibility index (Phi) is 28.3. The third kappa shape index (κ3) is 17.9. The number of nitrogens with one attached hydrogen (secondary N) is 1. The molecule has 0 saturated heterocycles. The van der Waals surface area contributed by atoms with Crippen molar-refractivity contribution >= 4 is 24.2 Å². The van der Waals surface area contributed by atoms with Crippen molar-refractivity contribution in [2.45, 2.75) is 147 Å². The molecular weight excluding hydrogens is 639 g/mol. The van der Waals surface area contributed by atoms with E-state index in [4.69, 9.17) is 5.73 Å². The molecule has 2 aromatic carbocycles. The van der Waals surface area contributed by atoms with E-state index in [9.17, 15) is 9.59 Å². The maximum Gasteiger partial charge on any atom is 0.254 e. The van der Waals surface area contributed by atoms with Crippen molar-refractivity contribution in [1.29, 1.82) is 0 Å². The molecule has 2 unspecified atom stereocenters. The first-order valence-corrected chi connectivity index (χ1v) is 19.7. The Morgan fingerprint density at radius 3 is 1.90 bits per heavy atom. The zero-order valence-corrected chi connectivity index (χ0v) is 35.4. The Morgan fingerprint density at radius 1 is 0.962 bits per heavy atom. The number of carbonyl (C=O) groups is 1. The van der Waals surface area contributed by atoms with Crippen LogP contribution in [0, 0.1) is 12.8 Å². The van der Waals surface area contributed by atoms with E-state index in [1.165, 1.54) is 73.5 Å². The topological polar surface area (TPSA) is 77.1 Å². The lowest BCUT2D eigenvalue weighted by molar-refractivity contribution is 0.0998. The van der Waals surface area contributed by atoms with Gasteiger partial charge in [-0.2, -0.15) is 0 Å². The van der Waals surface area contributed by atoms with E-state index >= 15 is 0 Å². The van der Waals surface area contributed by atoms with Gasteiger partial charge in [0.15, 0.2) is 0 Å². The highest BCUT2D eigenvalue weighted by Crippen LogP contribution is 2.24. The molecule has 1 saturated carbocycles. The van der Waals surface area contributed by atoms with Gasteiger partial charge in [0.25, 0.3) is 5.91 Å². The lowest BCUT2D eigenvalue weighted by Crippen LogP contribution is -2.47. The molecule has 5 heteroatoms. The van der Waals surface area contributed by atoms with Crippen LogP contribution in [0.3, 0.4) is 0 Å². The summed E-state index contributed by atoms with van der Waals surface area (Å²) >= 11 is 0. The highest BCUT2D eigenvalue weighted by atomic mass is 16.2. The Bertz CT molecular complexity index is 1620. The van der Waals surface area contributed by atoms with E-state index in [0.29, 0.717) is 22.5 Å². The van der Waals surface area contributed by atoms with Crippen molar-refractivity contribution in [3.8, 4) is 5.69 Å². The van der Waals surface area contributed by atoms with Gasteiger partial charge in [-0.05, 0) is 114 Å². The number of nitrogens with two attached hydrogens (primary N) is 1. The number of hydrogen-bond donors (Lipinski definition) is 2. The second kappa shape index (κ2) is 29.5. The first kappa shape index (κ1) is 50.0. The van der Waals surface area contributed by atoms with Crippen molar-refractivity contribution in [1.82, 2.24) is 4.57 Å². The Hall–Kier alpha value is -4.12. The number of aromatic nitrogens is 1. The average Bonchev–Trinajstić information content (AvgIpc) is 3.11. The largest absolute Gasteiger partial charge is 0.382 e. The number of nitrogens with zero attached hydrogens (tertiary/aromatic N) is 1. The van der Waals surface area contributed by atoms with Crippen LogP contribution in [0.1, 0.15) is 149 Å². The van der Waals surface area contributed by atoms with E-state index in [-0.39, 0.29) is 11.0 Å². The summed E-state index contributed by atoms with van der Waals surface area (Å²) in [7, 11) is 0. The molecule has 1 heterocycles. The van der Waals surface area contributed by atoms with Gasteiger partial charge < -0.3 is 15.6 Å². The number of carbonyl (C=O) groups excluding carboxylic acids is 1. The maximum absolute atomic E-state index is 12.2. The molecule has 1 amide bonds. The number of rotatable bonds is 9. The predicted octanol–water partition coefficient (Wildman–Crippen LogP) is 11.3. The second-order valence-corrected chi connectivity index (χ2v) is 12.9. The van der Waals surface area contributed by atoms with Gasteiger partial charge in [-0.3, -0.25) is 9.59 Å². The summed E-state index contributed by atoms with van der Waals surface area (Å²) in [4.78, 5) is 23.6. The van der Waals surface area contributed by atoms with E-state index in [0.717, 1.165) is 12.1 Å². The first-order chi connectivity index (χ1) is 24.8. The van der Waals surface area contributed by atoms with Gasteiger partial charge in [0.05, 0.1) is 0 Å². The number of pyridine rings is 1. The molecule has 1 aliphatic rings. The van der Waals surface area contributed by atoms with Gasteiger partial charge >= 0.3 is 0 Å². The minimum atomic E-state index is -0.734. The molecule has 3 N–H and O–H groups in total. The van der Waals surface area contributed by atoms with Crippen LogP contribution in [0.25, 0.3) is 18.3 Å². The molecule has 0 aliphatic heterocycles. The van der Waals surface area contributed by atoms with E-state index < -0.39 is 5.91 Å². The minimum Gasteiger partial charge on any atom is -0.382 e. The normalized spacial score (nSPS) is 12.4. The molecule has 2 atom stereocenters. The molecule has 5 nitrogen and oxygen atoms in total. The lowest BCUT2D eigenvalue weighted by Gasteiger charge is -2.21. The fourth-order valence-corrected chi connectivity index (χ4v) is 5.00. The number of allylic oxidation sites excluding steroid dienone is 3. The molecule has 3 aromatic rings. The van der Waals surface area contributed by atoms with Gasteiger partial charge in [0.2, 0.25) is 5.43 Å². The third-order valence-electron chi connectivity index (χ3n) is 8.69. The van der Waals surface area contributed by atoms with Crippen LogP contribution in [0.4, 0.5) is 5.69 Å². The highest BCUT2D eigenvalue weighted by Gasteiger charge is 2.12. The molecule has 0 radical (unpaired) electrons. The molecule has 0 spiro atoms. The number of anilines is 1. The zero-order chi connectivity index (χ0) is 40.2. The van der Waals surface area contributed by atoms with E-state index in [2.05, 4.69) is 105 Å². The predicted molar refractivity (Wildman–Crippen MR) is 233 cm³/mol. The fourth-order valence-electron chi connectivity index (χ4n) is 5.00. The van der Waals surface area contributed by atoms with Crippen LogP contribution in [-0.2, 0) is 12.8 Å². The standard InChI is InChI=1S/C17H18N2O2.C16H27N.C6H10.C3H8.C3H6.C2H6/c1-4-12-6-8-13(9-7-12)19-10-15(17(18)21)16(20)14(5-2)11(19)3;1-6-8-15-11-16(10-9-13(15)4)17-14(5)12(3)7-2;1-2-6-4-3-5-6;2*1-3-2;1-2/h5-10H,3-4H2,1-2H3,(H2,18,21);9-12,14,17H,6-8H2,1-5H3;2H,3-5H2,1H3;3H2,1-2H3;3H,1H2,2H3;1-2H3/b14-5+;;;;;. The van der Waals surface area contributed by atoms with Crippen LogP contribution in [0.2, 0.25) is 0 Å². The first-order valence-electron chi connectivity index (χ1n) is 19.7. The van der Waals surface area contributed by atoms with Gasteiger partial charge in [0.1, 0.15) is 5.56 Å². The SMILES string of the molecule is C=CC.C=c1/c(=C\C)c(=O)c(C(N)=O)cn1-c1ccc(CC)cc1.CC.CC=C1CCC1.CCC.CCCc1cc(NC(C)C(C)CC)ccc1C. The summed E-state index contributed by atoms with van der Waals surface area (Å²) in [6, 6.07) is 15.2. The maximum atomic E-state index is 12.2. The second-order valence-electron chi connectivity index (χ2n) is 12.9. The molecule has 1 fully saturated rings. The van der Waals surface area contributed by atoms with Gasteiger partial charge in [0, 0.05) is 34.2 Å². The monoisotopic (exact) mass is 714 g/mol. The molecule has 1 aromatic heterocycles. The minimum absolute atomic E-state index is 0.0323. The Morgan fingerprint density at radius 2 is 1.52 bits per heavy atom. The van der Waals surface area contributed by atoms with E-state index in [1.807, 2.05) is 45.0 Å². The van der Waals surface area contributed by atoms with Crippen molar-refractivity contribution in [3.05, 3.63) is 116 Å². The zero-order valence-electron chi connectivity index (χ0n) is 35.4. The van der Waals surface area contributed by atoms with Crippen LogP contribution < -0.4 is 27.0 Å². The third-order valence-corrected chi connectivity index (χ3v) is 8.69. The molecule has 290 valence electrons. The Balaban J connectivity index is 0. The van der Waals surface area contributed by atoms with Crippen LogP contribution in [-0.4, -0.2) is 16.5 Å². The lowest BCUT2D eigenvalue weighted by atomic mass is 9.93. The Labute approximate surface area is 318 Å². The number of primary amides is 1. The number of aryl methyl sites for hydroxylation is 3. The highest BCUT2D eigenvalue weighted by molar-refractivity contribution is 5.92. The number of amides is 1. The summed E-state index contributed by atoms with van der Waals surface area (Å²) in [6.45, 7) is 34.7. The smallest absolute Gasteiger partial charge is 0.254 e. The van der Waals surface area contributed by atoms with Crippen molar-refractivity contribution in [3.63, 3.8) is 0 Å². The van der Waals surface area contributed by atoms with Crippen molar-refractivity contribution < 1.29 is 4.79 Å². The van der Waals surface area contributed by atoms with Crippen LogP contribution in [0.15, 0.2) is 77.8 Å². The number of benzene rings is 2. The number of hydrogen-bond acceptors (Lipinski definition) is 3. The summed E-state index contributed by atoms with van der Waals surface area (Å²) in [6.07, 6.45) is 17.1. The quantitative estimate of drug-likeness (QED) is 0.217. The van der Waals surface area contributed by atoms with Crippen molar-refractivity contribution in [2.24, 2.45) is 11.7 Å². The summed E-state index contributed by atoms with van der Waals surface area (Å²) < 4.78 is 1.72. The van der Waals surface area contributed by atoms with Crippen LogP contribution in [0.5, 0.6) is 0 Å². The summed E-state index contributed by atoms with van der Waals surface area (Å²) in [5.74, 6) is -0.0204. The fraction of sp³-hybridized carbons (Fsp3) is 0.489. The van der Waals surface area contributed by atoms with Gasteiger partial charge in [-0.1, -0.05) is 123 Å². The molecule has 1 aliphatic carbocycles. The summed E-state index contributed by atoms with van der Waals surface area (Å²) in [5.41, 5.74) is 12.7. The average molecular weight is 714 g/mol.